The Bertz CT molecular complexity index is 453. The molecule has 0 unspecified atom stereocenters. The zero-order chi connectivity index (χ0) is 13.0. The largest absolute Gasteiger partial charge is 0.463 e. The van der Waals surface area contributed by atoms with Gasteiger partial charge in [0.15, 0.2) is 0 Å². The van der Waals surface area contributed by atoms with Crippen molar-refractivity contribution in [2.45, 2.75) is 32.3 Å². The molecular weight excluding hydrogens is 232 g/mol. The molecule has 0 aliphatic carbocycles. The first-order valence-electron chi connectivity index (χ1n) is 6.18. The van der Waals surface area contributed by atoms with Gasteiger partial charge >= 0.3 is 11.9 Å². The molecule has 1 aromatic rings. The molecule has 0 saturated carbocycles. The molecule has 4 heteroatoms. The Morgan fingerprint density at radius 1 is 1.44 bits per heavy atom. The molecule has 1 heterocycles. The molecule has 18 heavy (non-hydrogen) atoms. The molecular formula is C14H16O4. The van der Waals surface area contributed by atoms with Gasteiger partial charge in [0.2, 0.25) is 6.10 Å². The summed E-state index contributed by atoms with van der Waals surface area (Å²) in [6.07, 6.45) is 1.38. The summed E-state index contributed by atoms with van der Waals surface area (Å²) in [7, 11) is 0. The van der Waals surface area contributed by atoms with E-state index in [0.29, 0.717) is 18.6 Å². The zero-order valence-electron chi connectivity index (χ0n) is 10.3. The number of cyclic esters (lactones) is 1. The smallest absolute Gasteiger partial charge is 0.347 e. The second-order valence-electron chi connectivity index (χ2n) is 4.28. The highest BCUT2D eigenvalue weighted by Gasteiger charge is 2.31. The van der Waals surface area contributed by atoms with Crippen molar-refractivity contribution in [2.75, 3.05) is 6.61 Å². The van der Waals surface area contributed by atoms with E-state index in [1.54, 1.807) is 12.1 Å². The molecule has 0 radical (unpaired) electrons. The van der Waals surface area contributed by atoms with Gasteiger partial charge in [0.05, 0.1) is 12.2 Å². The number of esters is 2. The van der Waals surface area contributed by atoms with Crippen LogP contribution < -0.4 is 0 Å². The molecule has 0 spiro atoms. The summed E-state index contributed by atoms with van der Waals surface area (Å²) >= 11 is 0. The predicted octanol–water partition coefficient (Wildman–Crippen LogP) is 2.11. The average Bonchev–Trinajstić information content (AvgIpc) is 2.39. The van der Waals surface area contributed by atoms with Gasteiger partial charge in [0.25, 0.3) is 0 Å². The van der Waals surface area contributed by atoms with E-state index < -0.39 is 18.0 Å². The van der Waals surface area contributed by atoms with Crippen molar-refractivity contribution in [1.29, 1.82) is 0 Å². The number of unbranched alkanes of at least 4 members (excludes halogenated alkanes) is 1. The summed E-state index contributed by atoms with van der Waals surface area (Å²) in [4.78, 5) is 23.4. The van der Waals surface area contributed by atoms with E-state index in [4.69, 9.17) is 9.47 Å². The van der Waals surface area contributed by atoms with Crippen molar-refractivity contribution >= 4 is 11.9 Å². The van der Waals surface area contributed by atoms with Gasteiger partial charge in [-0.05, 0) is 18.1 Å². The quantitative estimate of drug-likeness (QED) is 0.605. The third kappa shape index (κ3) is 2.70. The van der Waals surface area contributed by atoms with Gasteiger partial charge in [-0.2, -0.15) is 0 Å². The highest BCUT2D eigenvalue weighted by atomic mass is 16.6. The molecule has 1 aliphatic rings. The van der Waals surface area contributed by atoms with Crippen molar-refractivity contribution in [1.82, 2.24) is 0 Å². The Labute approximate surface area is 106 Å². The Balaban J connectivity index is 2.02. The lowest BCUT2D eigenvalue weighted by molar-refractivity contribution is -0.154. The number of hydrogen-bond donors (Lipinski definition) is 0. The minimum atomic E-state index is -0.802. The lowest BCUT2D eigenvalue weighted by Gasteiger charge is -2.23. The maximum absolute atomic E-state index is 11.7. The minimum Gasteiger partial charge on any atom is -0.463 e. The molecule has 0 saturated heterocycles. The molecule has 2 rings (SSSR count). The summed E-state index contributed by atoms with van der Waals surface area (Å²) < 4.78 is 10.2. The fourth-order valence-electron chi connectivity index (χ4n) is 1.87. The lowest BCUT2D eigenvalue weighted by Crippen LogP contribution is -2.35. The highest BCUT2D eigenvalue weighted by Crippen LogP contribution is 2.21. The lowest BCUT2D eigenvalue weighted by atomic mass is 9.99. The second kappa shape index (κ2) is 5.67. The van der Waals surface area contributed by atoms with E-state index in [0.717, 1.165) is 18.4 Å². The van der Waals surface area contributed by atoms with E-state index in [9.17, 15) is 9.59 Å². The van der Waals surface area contributed by atoms with Gasteiger partial charge in [-0.1, -0.05) is 31.5 Å². The van der Waals surface area contributed by atoms with Crippen molar-refractivity contribution in [2.24, 2.45) is 0 Å². The van der Waals surface area contributed by atoms with E-state index in [1.807, 2.05) is 19.1 Å². The van der Waals surface area contributed by atoms with E-state index >= 15 is 0 Å². The molecule has 1 aromatic carbocycles. The van der Waals surface area contributed by atoms with Gasteiger partial charge in [-0.15, -0.1) is 0 Å². The van der Waals surface area contributed by atoms with Crippen LogP contribution in [0.3, 0.4) is 0 Å². The summed E-state index contributed by atoms with van der Waals surface area (Å²) in [6, 6.07) is 7.16. The number of ether oxygens (including phenoxy) is 2. The Kier molecular flexibility index (Phi) is 3.97. The summed E-state index contributed by atoms with van der Waals surface area (Å²) in [6.45, 7) is 2.40. The predicted molar refractivity (Wildman–Crippen MR) is 65.2 cm³/mol. The van der Waals surface area contributed by atoms with Gasteiger partial charge < -0.3 is 9.47 Å². The fourth-order valence-corrected chi connectivity index (χ4v) is 1.87. The number of rotatable bonds is 4. The van der Waals surface area contributed by atoms with Crippen LogP contribution in [0.4, 0.5) is 0 Å². The highest BCUT2D eigenvalue weighted by molar-refractivity contribution is 5.94. The molecule has 1 atom stereocenters. The number of hydrogen-bond acceptors (Lipinski definition) is 4. The van der Waals surface area contributed by atoms with Gasteiger partial charge in [0, 0.05) is 6.42 Å². The number of carbonyl (C=O) groups is 2. The van der Waals surface area contributed by atoms with Gasteiger partial charge in [0.1, 0.15) is 0 Å². The monoisotopic (exact) mass is 248 g/mol. The molecule has 0 N–H and O–H groups in total. The van der Waals surface area contributed by atoms with E-state index in [-0.39, 0.29) is 0 Å². The fraction of sp³-hybridized carbons (Fsp3) is 0.429. The van der Waals surface area contributed by atoms with Crippen LogP contribution in [0.2, 0.25) is 0 Å². The first kappa shape index (κ1) is 12.6. The van der Waals surface area contributed by atoms with Crippen LogP contribution in [-0.2, 0) is 20.7 Å². The molecule has 96 valence electrons. The Morgan fingerprint density at radius 2 is 2.22 bits per heavy atom. The van der Waals surface area contributed by atoms with Crippen LogP contribution >= 0.6 is 0 Å². The third-order valence-corrected chi connectivity index (χ3v) is 2.90. The maximum Gasteiger partial charge on any atom is 0.347 e. The first-order chi connectivity index (χ1) is 8.72. The molecule has 0 bridgehead atoms. The number of benzene rings is 1. The molecule has 0 fully saturated rings. The maximum atomic E-state index is 11.7. The van der Waals surface area contributed by atoms with Crippen molar-refractivity contribution in [3.05, 3.63) is 35.4 Å². The zero-order valence-corrected chi connectivity index (χ0v) is 10.3. The van der Waals surface area contributed by atoms with Crippen molar-refractivity contribution in [3.63, 3.8) is 0 Å². The van der Waals surface area contributed by atoms with Crippen molar-refractivity contribution < 1.29 is 19.1 Å². The van der Waals surface area contributed by atoms with Crippen LogP contribution in [0.5, 0.6) is 0 Å². The summed E-state index contributed by atoms with van der Waals surface area (Å²) in [5.74, 6) is -0.902. The van der Waals surface area contributed by atoms with Crippen LogP contribution in [0.1, 0.15) is 35.7 Å². The SMILES string of the molecule is CCCCOC(=O)[C@H]1Cc2ccccc2C(=O)O1. The first-order valence-corrected chi connectivity index (χ1v) is 6.18. The summed E-state index contributed by atoms with van der Waals surface area (Å²) in [5, 5.41) is 0. The number of fused-ring (bicyclic) bond motifs is 1. The standard InChI is InChI=1S/C14H16O4/c1-2-3-8-17-14(16)12-9-10-6-4-5-7-11(10)13(15)18-12/h4-7,12H,2-3,8-9H2,1H3/t12-/m1/s1. The van der Waals surface area contributed by atoms with Crippen LogP contribution in [0.25, 0.3) is 0 Å². The minimum absolute atomic E-state index is 0.380. The normalized spacial score (nSPS) is 17.8. The van der Waals surface area contributed by atoms with Crippen LogP contribution in [-0.4, -0.2) is 24.6 Å². The summed E-state index contributed by atoms with van der Waals surface area (Å²) in [5.41, 5.74) is 1.38. The molecule has 0 amide bonds. The molecule has 1 aliphatic heterocycles. The molecule has 4 nitrogen and oxygen atoms in total. The van der Waals surface area contributed by atoms with Crippen molar-refractivity contribution in [3.8, 4) is 0 Å². The van der Waals surface area contributed by atoms with E-state index in [2.05, 4.69) is 0 Å². The topological polar surface area (TPSA) is 52.6 Å². The second-order valence-corrected chi connectivity index (χ2v) is 4.28. The third-order valence-electron chi connectivity index (χ3n) is 2.90. The number of carbonyl (C=O) groups excluding carboxylic acids is 2. The van der Waals surface area contributed by atoms with Crippen LogP contribution in [0, 0.1) is 0 Å². The van der Waals surface area contributed by atoms with E-state index in [1.165, 1.54) is 0 Å². The Morgan fingerprint density at radius 3 is 3.00 bits per heavy atom. The van der Waals surface area contributed by atoms with Gasteiger partial charge in [-0.25, -0.2) is 9.59 Å². The average molecular weight is 248 g/mol. The van der Waals surface area contributed by atoms with Gasteiger partial charge in [-0.3, -0.25) is 0 Å². The molecule has 0 aromatic heterocycles. The Hall–Kier alpha value is -1.84. The van der Waals surface area contributed by atoms with Crippen LogP contribution in [0.15, 0.2) is 24.3 Å².